The Bertz CT molecular complexity index is 560. The molecule has 3 aliphatic carbocycles. The highest BCUT2D eigenvalue weighted by Crippen LogP contribution is 2.58. The van der Waals surface area contributed by atoms with E-state index < -0.39 is 0 Å². The van der Waals surface area contributed by atoms with Gasteiger partial charge < -0.3 is 0 Å². The van der Waals surface area contributed by atoms with Crippen molar-refractivity contribution in [2.24, 2.45) is 11.8 Å². The number of hydrogen-bond donors (Lipinski definition) is 0. The van der Waals surface area contributed by atoms with Crippen molar-refractivity contribution in [2.75, 3.05) is 0 Å². The molecule has 0 N–H and O–H groups in total. The third-order valence-corrected chi connectivity index (χ3v) is 5.39. The van der Waals surface area contributed by atoms with E-state index in [2.05, 4.69) is 24.3 Å². The molecule has 1 aromatic rings. The van der Waals surface area contributed by atoms with Crippen molar-refractivity contribution in [3.8, 4) is 0 Å². The van der Waals surface area contributed by atoms with Gasteiger partial charge in [0.2, 0.25) is 0 Å². The van der Waals surface area contributed by atoms with Crippen molar-refractivity contribution in [3.05, 3.63) is 35.4 Å². The summed E-state index contributed by atoms with van der Waals surface area (Å²) < 4.78 is 0. The van der Waals surface area contributed by atoms with Crippen LogP contribution in [0.4, 0.5) is 0 Å². The fourth-order valence-corrected chi connectivity index (χ4v) is 4.68. The lowest BCUT2D eigenvalue weighted by molar-refractivity contribution is -0.133. The molecule has 3 aliphatic rings. The van der Waals surface area contributed by atoms with Crippen LogP contribution in [0.15, 0.2) is 24.3 Å². The summed E-state index contributed by atoms with van der Waals surface area (Å²) in [5.74, 6) is 0.435. The molecule has 92 valence electrons. The molecule has 2 saturated carbocycles. The van der Waals surface area contributed by atoms with E-state index in [0.717, 1.165) is 19.3 Å². The van der Waals surface area contributed by atoms with Crippen molar-refractivity contribution in [2.45, 2.75) is 37.5 Å². The lowest BCUT2D eigenvalue weighted by atomic mass is 9.58. The van der Waals surface area contributed by atoms with Crippen LogP contribution in [-0.4, -0.2) is 11.6 Å². The summed E-state index contributed by atoms with van der Waals surface area (Å²) in [5, 5.41) is 0. The first-order valence-electron chi connectivity index (χ1n) is 6.86. The molecule has 2 fully saturated rings. The second-order valence-electron chi connectivity index (χ2n) is 6.05. The third-order valence-electron chi connectivity index (χ3n) is 5.39. The highest BCUT2D eigenvalue weighted by Gasteiger charge is 2.60. The zero-order chi connectivity index (χ0) is 12.3. The molecule has 18 heavy (non-hydrogen) atoms. The zero-order valence-electron chi connectivity index (χ0n) is 10.3. The van der Waals surface area contributed by atoms with Crippen LogP contribution in [-0.2, 0) is 21.4 Å². The molecule has 2 nitrogen and oxygen atoms in total. The minimum Gasteiger partial charge on any atom is -0.299 e. The molecule has 4 rings (SSSR count). The van der Waals surface area contributed by atoms with Gasteiger partial charge in [0, 0.05) is 18.3 Å². The fraction of sp³-hybridized carbons (Fsp3) is 0.500. The molecule has 2 heteroatoms. The predicted molar refractivity (Wildman–Crippen MR) is 67.3 cm³/mol. The Hall–Kier alpha value is -1.44. The maximum Gasteiger partial charge on any atom is 0.144 e. The van der Waals surface area contributed by atoms with Crippen molar-refractivity contribution in [1.82, 2.24) is 0 Å². The van der Waals surface area contributed by atoms with Crippen molar-refractivity contribution < 1.29 is 9.59 Å². The van der Waals surface area contributed by atoms with E-state index in [1.54, 1.807) is 0 Å². The quantitative estimate of drug-likeness (QED) is 0.653. The number of ketones is 2. The Morgan fingerprint density at radius 3 is 2.78 bits per heavy atom. The van der Waals surface area contributed by atoms with Crippen LogP contribution in [0.2, 0.25) is 0 Å². The molecule has 0 aliphatic heterocycles. The van der Waals surface area contributed by atoms with Crippen LogP contribution in [0.25, 0.3) is 0 Å². The number of aryl methyl sites for hydroxylation is 1. The van der Waals surface area contributed by atoms with Crippen LogP contribution in [0, 0.1) is 11.8 Å². The molecule has 1 aromatic carbocycles. The number of Topliss-reactive ketones (excluding diaryl/α,β-unsaturated/α-hetero) is 2. The van der Waals surface area contributed by atoms with Gasteiger partial charge >= 0.3 is 0 Å². The SMILES string of the molecule is O=C1CC[C@]23CC(=O)[C@@H]1[C@@H]2CCc1ccccc13. The molecule has 0 aromatic heterocycles. The van der Waals surface area contributed by atoms with E-state index >= 15 is 0 Å². The first-order valence-corrected chi connectivity index (χ1v) is 6.86. The Labute approximate surface area is 106 Å². The van der Waals surface area contributed by atoms with Gasteiger partial charge in [-0.3, -0.25) is 9.59 Å². The van der Waals surface area contributed by atoms with E-state index in [-0.39, 0.29) is 22.9 Å². The van der Waals surface area contributed by atoms with Gasteiger partial charge in [0.05, 0.1) is 5.92 Å². The number of fused-ring (bicyclic) bond motifs is 1. The Morgan fingerprint density at radius 2 is 1.89 bits per heavy atom. The molecule has 0 saturated heterocycles. The lowest BCUT2D eigenvalue weighted by Gasteiger charge is -2.44. The van der Waals surface area contributed by atoms with Gasteiger partial charge in [-0.05, 0) is 36.3 Å². The van der Waals surface area contributed by atoms with E-state index in [4.69, 9.17) is 0 Å². The normalized spacial score (nSPS) is 37.3. The van der Waals surface area contributed by atoms with Gasteiger partial charge in [-0.15, -0.1) is 0 Å². The van der Waals surface area contributed by atoms with E-state index in [9.17, 15) is 9.59 Å². The predicted octanol–water partition coefficient (Wildman–Crippen LogP) is 2.44. The summed E-state index contributed by atoms with van der Waals surface area (Å²) in [6.45, 7) is 0. The average Bonchev–Trinajstić information content (AvgIpc) is 2.62. The number of hydrogen-bond acceptors (Lipinski definition) is 2. The van der Waals surface area contributed by atoms with Gasteiger partial charge in [-0.2, -0.15) is 0 Å². The van der Waals surface area contributed by atoms with Crippen LogP contribution in [0.1, 0.15) is 36.8 Å². The van der Waals surface area contributed by atoms with Crippen LogP contribution in [0.5, 0.6) is 0 Å². The molecule has 3 atom stereocenters. The molecule has 0 spiro atoms. The minimum absolute atomic E-state index is 0.00447. The zero-order valence-corrected chi connectivity index (χ0v) is 10.3. The molecule has 2 bridgehead atoms. The summed E-state index contributed by atoms with van der Waals surface area (Å²) in [6.07, 6.45) is 4.13. The Balaban J connectivity index is 1.93. The van der Waals surface area contributed by atoms with E-state index in [1.807, 2.05) is 0 Å². The standard InChI is InChI=1S/C16H16O2/c17-13-7-8-16-9-14(18)15(13)12(16)6-5-10-3-1-2-4-11(10)16/h1-4,12,15H,5-9H2/t12-,15+,16+/m0/s1. The van der Waals surface area contributed by atoms with E-state index in [1.165, 1.54) is 11.1 Å². The van der Waals surface area contributed by atoms with Crippen LogP contribution in [0.3, 0.4) is 0 Å². The highest BCUT2D eigenvalue weighted by atomic mass is 16.2. The highest BCUT2D eigenvalue weighted by molar-refractivity contribution is 6.06. The summed E-state index contributed by atoms with van der Waals surface area (Å²) >= 11 is 0. The maximum absolute atomic E-state index is 12.2. The average molecular weight is 240 g/mol. The van der Waals surface area contributed by atoms with E-state index in [0.29, 0.717) is 18.8 Å². The van der Waals surface area contributed by atoms with Gasteiger partial charge in [0.25, 0.3) is 0 Å². The number of benzene rings is 1. The largest absolute Gasteiger partial charge is 0.299 e. The Kier molecular flexibility index (Phi) is 1.93. The molecule has 0 heterocycles. The summed E-state index contributed by atoms with van der Waals surface area (Å²) in [4.78, 5) is 24.2. The summed E-state index contributed by atoms with van der Waals surface area (Å²) in [5.41, 5.74) is 2.77. The van der Waals surface area contributed by atoms with Gasteiger partial charge in [-0.25, -0.2) is 0 Å². The number of carbonyl (C=O) groups is 2. The van der Waals surface area contributed by atoms with Crippen molar-refractivity contribution >= 4 is 11.6 Å². The van der Waals surface area contributed by atoms with Gasteiger partial charge in [0.15, 0.2) is 0 Å². The van der Waals surface area contributed by atoms with Crippen LogP contribution >= 0.6 is 0 Å². The molecule has 0 radical (unpaired) electrons. The molecular formula is C16H16O2. The lowest BCUT2D eigenvalue weighted by Crippen LogP contribution is -2.43. The maximum atomic E-state index is 12.2. The first kappa shape index (κ1) is 10.5. The van der Waals surface area contributed by atoms with Crippen molar-refractivity contribution in [1.29, 1.82) is 0 Å². The molecular weight excluding hydrogens is 224 g/mol. The topological polar surface area (TPSA) is 34.1 Å². The Morgan fingerprint density at radius 1 is 1.06 bits per heavy atom. The van der Waals surface area contributed by atoms with Gasteiger partial charge in [0.1, 0.15) is 11.6 Å². The third kappa shape index (κ3) is 1.09. The van der Waals surface area contributed by atoms with Crippen molar-refractivity contribution in [3.63, 3.8) is 0 Å². The molecule has 0 amide bonds. The second kappa shape index (κ2) is 3.31. The fourth-order valence-electron chi connectivity index (χ4n) is 4.68. The summed E-state index contributed by atoms with van der Waals surface area (Å²) in [6, 6.07) is 8.53. The number of rotatable bonds is 0. The second-order valence-corrected chi connectivity index (χ2v) is 6.05. The first-order chi connectivity index (χ1) is 8.72. The minimum atomic E-state index is -0.271. The molecule has 0 unspecified atom stereocenters. The summed E-state index contributed by atoms with van der Waals surface area (Å²) in [7, 11) is 0. The smallest absolute Gasteiger partial charge is 0.144 e. The van der Waals surface area contributed by atoms with Crippen LogP contribution < -0.4 is 0 Å². The van der Waals surface area contributed by atoms with Gasteiger partial charge in [-0.1, -0.05) is 24.3 Å². The number of carbonyl (C=O) groups excluding carboxylic acids is 2. The monoisotopic (exact) mass is 240 g/mol.